The minimum atomic E-state index is 0.148. The fourth-order valence-corrected chi connectivity index (χ4v) is 3.44. The number of hydrogen-bond acceptors (Lipinski definition) is 2. The molecule has 1 saturated heterocycles. The molecule has 0 saturated carbocycles. The van der Waals surface area contributed by atoms with Gasteiger partial charge in [0.15, 0.2) is 0 Å². The van der Waals surface area contributed by atoms with Gasteiger partial charge < -0.3 is 4.90 Å². The zero-order chi connectivity index (χ0) is 16.1. The highest BCUT2D eigenvalue weighted by Crippen LogP contribution is 2.15. The molecule has 0 radical (unpaired) electrons. The highest BCUT2D eigenvalue weighted by molar-refractivity contribution is 9.10. The van der Waals surface area contributed by atoms with E-state index in [0.717, 1.165) is 49.2 Å². The third-order valence-electron chi connectivity index (χ3n) is 4.19. The first-order chi connectivity index (χ1) is 11.2. The Hall–Kier alpha value is -1.65. The largest absolute Gasteiger partial charge is 0.337 e. The maximum absolute atomic E-state index is 12.6. The fraction of sp³-hybridized carbons (Fsp3) is 0.316. The molecule has 120 valence electrons. The minimum Gasteiger partial charge on any atom is -0.337 e. The maximum Gasteiger partial charge on any atom is 0.253 e. The Balaban J connectivity index is 1.60. The predicted octanol–water partition coefficient (Wildman–Crippen LogP) is 3.80. The van der Waals surface area contributed by atoms with Crippen LogP contribution in [0.2, 0.25) is 0 Å². The second-order valence-corrected chi connectivity index (χ2v) is 6.83. The monoisotopic (exact) mass is 372 g/mol. The topological polar surface area (TPSA) is 23.6 Å². The molecule has 0 spiro atoms. The van der Waals surface area contributed by atoms with Crippen molar-refractivity contribution >= 4 is 21.8 Å². The van der Waals surface area contributed by atoms with E-state index < -0.39 is 0 Å². The van der Waals surface area contributed by atoms with Gasteiger partial charge in [0.2, 0.25) is 0 Å². The summed E-state index contributed by atoms with van der Waals surface area (Å²) in [5.41, 5.74) is 2.09. The van der Waals surface area contributed by atoms with Crippen LogP contribution >= 0.6 is 15.9 Å². The number of amides is 1. The quantitative estimate of drug-likeness (QED) is 0.817. The lowest BCUT2D eigenvalue weighted by atomic mass is 10.2. The highest BCUT2D eigenvalue weighted by atomic mass is 79.9. The number of benzene rings is 2. The van der Waals surface area contributed by atoms with Crippen molar-refractivity contribution in [2.45, 2.75) is 13.0 Å². The van der Waals surface area contributed by atoms with Gasteiger partial charge >= 0.3 is 0 Å². The molecule has 0 bridgehead atoms. The average molecular weight is 373 g/mol. The van der Waals surface area contributed by atoms with Crippen LogP contribution in [0, 0.1) is 0 Å². The van der Waals surface area contributed by atoms with Gasteiger partial charge in [-0.25, -0.2) is 0 Å². The fourth-order valence-electron chi connectivity index (χ4n) is 2.99. The minimum absolute atomic E-state index is 0.148. The van der Waals surface area contributed by atoms with Crippen molar-refractivity contribution in [2.24, 2.45) is 0 Å². The lowest BCUT2D eigenvalue weighted by Crippen LogP contribution is -2.35. The molecular formula is C19H21BrN2O. The van der Waals surface area contributed by atoms with E-state index >= 15 is 0 Å². The van der Waals surface area contributed by atoms with Gasteiger partial charge in [-0.05, 0) is 36.2 Å². The van der Waals surface area contributed by atoms with Crippen LogP contribution in [0.1, 0.15) is 22.3 Å². The molecule has 0 aliphatic carbocycles. The molecule has 1 aliphatic heterocycles. The van der Waals surface area contributed by atoms with Crippen molar-refractivity contribution < 1.29 is 4.79 Å². The molecule has 2 aromatic carbocycles. The lowest BCUT2D eigenvalue weighted by Gasteiger charge is -2.22. The van der Waals surface area contributed by atoms with Gasteiger partial charge in [0.05, 0.1) is 0 Å². The molecule has 1 amide bonds. The number of hydrogen-bond donors (Lipinski definition) is 0. The highest BCUT2D eigenvalue weighted by Gasteiger charge is 2.20. The summed E-state index contributed by atoms with van der Waals surface area (Å²) in [6.45, 7) is 4.52. The average Bonchev–Trinajstić information content (AvgIpc) is 2.81. The Labute approximate surface area is 146 Å². The normalized spacial score (nSPS) is 16.1. The Morgan fingerprint density at radius 3 is 2.57 bits per heavy atom. The van der Waals surface area contributed by atoms with Gasteiger partial charge in [-0.1, -0.05) is 46.3 Å². The van der Waals surface area contributed by atoms with Gasteiger partial charge in [-0.3, -0.25) is 9.69 Å². The van der Waals surface area contributed by atoms with E-state index in [4.69, 9.17) is 0 Å². The van der Waals surface area contributed by atoms with Crippen LogP contribution in [0.5, 0.6) is 0 Å². The van der Waals surface area contributed by atoms with Crippen LogP contribution < -0.4 is 0 Å². The number of halogens is 1. The van der Waals surface area contributed by atoms with Gasteiger partial charge in [-0.2, -0.15) is 0 Å². The molecule has 0 atom stereocenters. The molecule has 3 nitrogen and oxygen atoms in total. The Kier molecular flexibility index (Phi) is 5.47. The summed E-state index contributed by atoms with van der Waals surface area (Å²) in [5, 5.41) is 0. The Bertz CT molecular complexity index is 659. The summed E-state index contributed by atoms with van der Waals surface area (Å²) in [5.74, 6) is 0.148. The van der Waals surface area contributed by atoms with E-state index in [-0.39, 0.29) is 5.91 Å². The molecule has 0 unspecified atom stereocenters. The number of carbonyl (C=O) groups excluding carboxylic acids is 1. The summed E-state index contributed by atoms with van der Waals surface area (Å²) in [7, 11) is 0. The lowest BCUT2D eigenvalue weighted by molar-refractivity contribution is 0.0761. The van der Waals surface area contributed by atoms with Crippen molar-refractivity contribution in [3.63, 3.8) is 0 Å². The summed E-state index contributed by atoms with van der Waals surface area (Å²) in [6.07, 6.45) is 1.02. The zero-order valence-electron chi connectivity index (χ0n) is 13.1. The van der Waals surface area contributed by atoms with E-state index in [2.05, 4.69) is 39.0 Å². The summed E-state index contributed by atoms with van der Waals surface area (Å²) < 4.78 is 1.12. The molecule has 23 heavy (non-hydrogen) atoms. The van der Waals surface area contributed by atoms with Crippen LogP contribution in [-0.2, 0) is 6.54 Å². The van der Waals surface area contributed by atoms with Crippen molar-refractivity contribution in [1.29, 1.82) is 0 Å². The number of rotatable bonds is 3. The summed E-state index contributed by atoms with van der Waals surface area (Å²) >= 11 is 3.53. The molecule has 0 N–H and O–H groups in total. The molecular weight excluding hydrogens is 352 g/mol. The van der Waals surface area contributed by atoms with E-state index in [9.17, 15) is 4.79 Å². The first kappa shape index (κ1) is 16.2. The molecule has 2 aromatic rings. The van der Waals surface area contributed by atoms with Gasteiger partial charge in [0.1, 0.15) is 0 Å². The molecule has 0 aromatic heterocycles. The van der Waals surface area contributed by atoms with Gasteiger partial charge in [0, 0.05) is 42.8 Å². The molecule has 1 fully saturated rings. The molecule has 3 rings (SSSR count). The second kappa shape index (κ2) is 7.75. The third kappa shape index (κ3) is 4.43. The van der Waals surface area contributed by atoms with Crippen molar-refractivity contribution in [1.82, 2.24) is 9.80 Å². The second-order valence-electron chi connectivity index (χ2n) is 5.92. The maximum atomic E-state index is 12.6. The van der Waals surface area contributed by atoms with Crippen LogP contribution in [0.3, 0.4) is 0 Å². The van der Waals surface area contributed by atoms with Gasteiger partial charge in [-0.15, -0.1) is 0 Å². The van der Waals surface area contributed by atoms with Crippen LogP contribution in [0.15, 0.2) is 59.1 Å². The Morgan fingerprint density at radius 2 is 1.78 bits per heavy atom. The molecule has 4 heteroatoms. The van der Waals surface area contributed by atoms with E-state index in [1.807, 2.05) is 41.3 Å². The SMILES string of the molecule is O=C(c1ccccc1)N1CCCN(Cc2cccc(Br)c2)CC1. The van der Waals surface area contributed by atoms with E-state index in [1.165, 1.54) is 5.56 Å². The standard InChI is InChI=1S/C19H21BrN2O/c20-18-9-4-6-16(14-18)15-21-10-5-11-22(13-12-21)19(23)17-7-2-1-3-8-17/h1-4,6-9,14H,5,10-13,15H2. The van der Waals surface area contributed by atoms with Crippen LogP contribution in [0.4, 0.5) is 0 Å². The summed E-state index contributed by atoms with van der Waals surface area (Å²) in [4.78, 5) is 17.0. The number of carbonyl (C=O) groups is 1. The molecule has 1 aliphatic rings. The smallest absolute Gasteiger partial charge is 0.253 e. The first-order valence-corrected chi connectivity index (χ1v) is 8.83. The van der Waals surface area contributed by atoms with E-state index in [0.29, 0.717) is 0 Å². The van der Waals surface area contributed by atoms with Crippen molar-refractivity contribution in [2.75, 3.05) is 26.2 Å². The molecule has 1 heterocycles. The first-order valence-electron chi connectivity index (χ1n) is 8.03. The number of nitrogens with zero attached hydrogens (tertiary/aromatic N) is 2. The third-order valence-corrected chi connectivity index (χ3v) is 4.68. The van der Waals surface area contributed by atoms with E-state index in [1.54, 1.807) is 0 Å². The predicted molar refractivity (Wildman–Crippen MR) is 96.4 cm³/mol. The van der Waals surface area contributed by atoms with Gasteiger partial charge in [0.25, 0.3) is 5.91 Å². The van der Waals surface area contributed by atoms with Crippen LogP contribution in [0.25, 0.3) is 0 Å². The summed E-state index contributed by atoms with van der Waals surface area (Å²) in [6, 6.07) is 18.0. The Morgan fingerprint density at radius 1 is 0.957 bits per heavy atom. The van der Waals surface area contributed by atoms with Crippen molar-refractivity contribution in [3.05, 3.63) is 70.2 Å². The van der Waals surface area contributed by atoms with Crippen LogP contribution in [-0.4, -0.2) is 41.9 Å². The van der Waals surface area contributed by atoms with Crippen molar-refractivity contribution in [3.8, 4) is 0 Å². The zero-order valence-corrected chi connectivity index (χ0v) is 14.7.